The first-order valence-electron chi connectivity index (χ1n) is 3.15. The van der Waals surface area contributed by atoms with Gasteiger partial charge in [-0.3, -0.25) is 4.79 Å². The average Bonchev–Trinajstić information content (AvgIpc) is 2.07. The normalized spacial score (nSPS) is 10.5. The minimum absolute atomic E-state index is 0.0370. The molecule has 0 unspecified atom stereocenters. The van der Waals surface area contributed by atoms with Gasteiger partial charge in [0.1, 0.15) is 3.70 Å². The van der Waals surface area contributed by atoms with E-state index in [1.165, 1.54) is 6.20 Å². The Kier molecular flexibility index (Phi) is 3.95. The van der Waals surface area contributed by atoms with Gasteiger partial charge in [-0.1, -0.05) is 0 Å². The summed E-state index contributed by atoms with van der Waals surface area (Å²) >= 11 is 3.49. The van der Waals surface area contributed by atoms with Gasteiger partial charge in [0, 0.05) is 15.3 Å². The van der Waals surface area contributed by atoms with Crippen molar-refractivity contribution in [1.82, 2.24) is 4.98 Å². The maximum atomic E-state index is 12.4. The number of aldehydes is 1. The van der Waals surface area contributed by atoms with Crippen LogP contribution in [0.15, 0.2) is 6.20 Å². The molecule has 0 aliphatic rings. The molecule has 13 heavy (non-hydrogen) atoms. The Morgan fingerprint density at radius 3 is 2.46 bits per heavy atom. The molecule has 70 valence electrons. The van der Waals surface area contributed by atoms with E-state index in [9.17, 15) is 13.6 Å². The van der Waals surface area contributed by atoms with Gasteiger partial charge in [-0.25, -0.2) is 13.8 Å². The molecule has 0 N–H and O–H groups in total. The third-order valence-corrected chi connectivity index (χ3v) is 3.12. The van der Waals surface area contributed by atoms with Crippen LogP contribution in [0.2, 0.25) is 0 Å². The lowest BCUT2D eigenvalue weighted by Gasteiger charge is -2.06. The molecule has 2 nitrogen and oxygen atoms in total. The predicted octanol–water partition coefficient (Wildman–Crippen LogP) is 3.04. The smallest absolute Gasteiger partial charge is 0.267 e. The minimum atomic E-state index is -2.66. The van der Waals surface area contributed by atoms with Crippen molar-refractivity contribution < 1.29 is 13.6 Å². The zero-order valence-electron chi connectivity index (χ0n) is 6.10. The summed E-state index contributed by atoms with van der Waals surface area (Å²) in [6.45, 7) is 0. The van der Waals surface area contributed by atoms with Gasteiger partial charge in [-0.2, -0.15) is 0 Å². The van der Waals surface area contributed by atoms with Crippen LogP contribution < -0.4 is 0 Å². The zero-order valence-corrected chi connectivity index (χ0v) is 10.4. The molecule has 0 bridgehead atoms. The fraction of sp³-hybridized carbons (Fsp3) is 0.143. The number of hydrogen-bond acceptors (Lipinski definition) is 2. The molecule has 6 heteroatoms. The Morgan fingerprint density at radius 1 is 1.46 bits per heavy atom. The van der Waals surface area contributed by atoms with Crippen LogP contribution >= 0.6 is 45.2 Å². The molecule has 0 aliphatic heterocycles. The summed E-state index contributed by atoms with van der Waals surface area (Å²) in [5, 5.41) is 0. The number of aromatic nitrogens is 1. The van der Waals surface area contributed by atoms with Crippen molar-refractivity contribution in [2.24, 2.45) is 0 Å². The third kappa shape index (κ3) is 2.33. The zero-order chi connectivity index (χ0) is 10.0. The van der Waals surface area contributed by atoms with E-state index >= 15 is 0 Å². The maximum Gasteiger partial charge on any atom is 0.267 e. The van der Waals surface area contributed by atoms with Crippen molar-refractivity contribution in [2.75, 3.05) is 0 Å². The highest BCUT2D eigenvalue weighted by atomic mass is 127. The van der Waals surface area contributed by atoms with E-state index in [1.54, 1.807) is 45.2 Å². The Balaban J connectivity index is 3.43. The summed E-state index contributed by atoms with van der Waals surface area (Å²) in [6, 6.07) is 0. The van der Waals surface area contributed by atoms with Crippen LogP contribution in [0.25, 0.3) is 0 Å². The molecule has 0 fully saturated rings. The molecule has 0 spiro atoms. The molecule has 1 heterocycles. The monoisotopic (exact) mass is 409 g/mol. The van der Waals surface area contributed by atoms with E-state index in [0.717, 1.165) is 0 Å². The highest BCUT2D eigenvalue weighted by molar-refractivity contribution is 14.1. The molecular weight excluding hydrogens is 406 g/mol. The number of carbonyl (C=O) groups is 1. The molecule has 0 saturated carbocycles. The summed E-state index contributed by atoms with van der Waals surface area (Å²) in [7, 11) is 0. The van der Waals surface area contributed by atoms with Gasteiger partial charge < -0.3 is 0 Å². The van der Waals surface area contributed by atoms with E-state index in [1.807, 2.05) is 0 Å². The molecule has 0 atom stereocenters. The lowest BCUT2D eigenvalue weighted by atomic mass is 10.2. The van der Waals surface area contributed by atoms with E-state index < -0.39 is 6.43 Å². The number of rotatable bonds is 2. The van der Waals surface area contributed by atoms with Crippen molar-refractivity contribution in [1.29, 1.82) is 0 Å². The lowest BCUT2D eigenvalue weighted by molar-refractivity contribution is 0.110. The Labute approximate surface area is 100 Å². The fourth-order valence-corrected chi connectivity index (χ4v) is 2.04. The Morgan fingerprint density at radius 2 is 2.08 bits per heavy atom. The number of halogens is 4. The molecule has 0 amide bonds. The lowest BCUT2D eigenvalue weighted by Crippen LogP contribution is -2.02. The fourth-order valence-electron chi connectivity index (χ4n) is 0.820. The number of nitrogens with zero attached hydrogens (tertiary/aromatic N) is 1. The second kappa shape index (κ2) is 4.58. The molecular formula is C7H3F2I2NO. The van der Waals surface area contributed by atoms with Gasteiger partial charge >= 0.3 is 0 Å². The number of carbonyl (C=O) groups excluding carboxylic acids is 1. The third-order valence-electron chi connectivity index (χ3n) is 1.40. The van der Waals surface area contributed by atoms with Crippen LogP contribution in [0.1, 0.15) is 22.3 Å². The van der Waals surface area contributed by atoms with E-state index in [2.05, 4.69) is 4.98 Å². The quantitative estimate of drug-likeness (QED) is 0.427. The van der Waals surface area contributed by atoms with Gasteiger partial charge in [-0.15, -0.1) is 0 Å². The minimum Gasteiger partial charge on any atom is -0.298 e. The summed E-state index contributed by atoms with van der Waals surface area (Å²) in [4.78, 5) is 14.3. The second-order valence-corrected chi connectivity index (χ2v) is 4.33. The molecule has 0 radical (unpaired) electrons. The van der Waals surface area contributed by atoms with Gasteiger partial charge in [0.25, 0.3) is 6.43 Å². The molecule has 0 aromatic carbocycles. The van der Waals surface area contributed by atoms with Gasteiger partial charge in [0.05, 0.1) is 5.56 Å². The largest absolute Gasteiger partial charge is 0.298 e. The van der Waals surface area contributed by atoms with Gasteiger partial charge in [0.15, 0.2) is 6.29 Å². The Hall–Kier alpha value is 0.140. The second-order valence-electron chi connectivity index (χ2n) is 2.14. The van der Waals surface area contributed by atoms with Crippen molar-refractivity contribution in [3.05, 3.63) is 24.6 Å². The van der Waals surface area contributed by atoms with Crippen LogP contribution in [0.4, 0.5) is 8.78 Å². The highest BCUT2D eigenvalue weighted by Gasteiger charge is 2.19. The van der Waals surface area contributed by atoms with E-state index in [0.29, 0.717) is 9.86 Å². The predicted molar refractivity (Wildman–Crippen MR) is 60.0 cm³/mol. The van der Waals surface area contributed by atoms with Gasteiger partial charge in [-0.05, 0) is 45.2 Å². The summed E-state index contributed by atoms with van der Waals surface area (Å²) in [6.07, 6.45) is -0.820. The maximum absolute atomic E-state index is 12.4. The van der Waals surface area contributed by atoms with Crippen LogP contribution in [0.5, 0.6) is 0 Å². The van der Waals surface area contributed by atoms with E-state index in [-0.39, 0.29) is 14.8 Å². The van der Waals surface area contributed by atoms with Crippen molar-refractivity contribution >= 4 is 51.5 Å². The number of pyridine rings is 1. The van der Waals surface area contributed by atoms with Crippen molar-refractivity contribution in [3.63, 3.8) is 0 Å². The van der Waals surface area contributed by atoms with Crippen LogP contribution in [0, 0.1) is 7.27 Å². The first kappa shape index (κ1) is 11.2. The van der Waals surface area contributed by atoms with Crippen molar-refractivity contribution in [3.8, 4) is 0 Å². The molecule has 0 aliphatic carbocycles. The van der Waals surface area contributed by atoms with Crippen molar-refractivity contribution in [2.45, 2.75) is 6.43 Å². The first-order valence-corrected chi connectivity index (χ1v) is 5.31. The highest BCUT2D eigenvalue weighted by Crippen LogP contribution is 2.28. The van der Waals surface area contributed by atoms with Crippen LogP contribution in [-0.4, -0.2) is 11.3 Å². The number of hydrogen-bond donors (Lipinski definition) is 0. The number of alkyl halides is 2. The van der Waals surface area contributed by atoms with Crippen LogP contribution in [0.3, 0.4) is 0 Å². The first-order chi connectivity index (χ1) is 6.07. The van der Waals surface area contributed by atoms with Gasteiger partial charge in [0.2, 0.25) is 0 Å². The average molecular weight is 409 g/mol. The summed E-state index contributed by atoms with van der Waals surface area (Å²) in [5.41, 5.74) is -0.238. The molecule has 1 aromatic heterocycles. The van der Waals surface area contributed by atoms with Crippen LogP contribution in [-0.2, 0) is 0 Å². The standard InChI is InChI=1S/C7H3F2I2NO/c8-6(9)5-3(2-13)4(10)1-12-7(5)11/h1-2,6H. The molecule has 1 aromatic rings. The molecule has 0 saturated heterocycles. The SMILES string of the molecule is O=Cc1c(I)cnc(I)c1C(F)F. The Bertz CT molecular complexity index is 344. The summed E-state index contributed by atoms with van der Waals surface area (Å²) < 4.78 is 25.5. The molecule has 1 rings (SSSR count). The summed E-state index contributed by atoms with van der Waals surface area (Å²) in [5.74, 6) is 0. The topological polar surface area (TPSA) is 30.0 Å². The van der Waals surface area contributed by atoms with E-state index in [4.69, 9.17) is 0 Å².